The van der Waals surface area contributed by atoms with E-state index in [0.717, 1.165) is 28.1 Å². The van der Waals surface area contributed by atoms with Gasteiger partial charge in [-0.25, -0.2) is 0 Å². The first kappa shape index (κ1) is 30.2. The molecule has 0 bridgehead atoms. The smallest absolute Gasteiger partial charge is 0.0321 e. The van der Waals surface area contributed by atoms with Crippen molar-refractivity contribution in [2.75, 3.05) is 0 Å². The summed E-state index contributed by atoms with van der Waals surface area (Å²) in [6.07, 6.45) is 2.10. The quantitative estimate of drug-likeness (QED) is 0.131. The minimum Gasteiger partial charge on any atom is -0.305 e. The van der Waals surface area contributed by atoms with Crippen molar-refractivity contribution in [2.45, 2.75) is 41.0 Å². The van der Waals surface area contributed by atoms with Gasteiger partial charge in [0.25, 0.3) is 0 Å². The van der Waals surface area contributed by atoms with Crippen molar-refractivity contribution in [3.05, 3.63) is 156 Å². The maximum atomic E-state index is 8.65. The van der Waals surface area contributed by atoms with Gasteiger partial charge in [-0.05, 0) is 74.9 Å². The molecule has 231 valence electrons. The third kappa shape index (κ3) is 7.85. The fourth-order valence-corrected chi connectivity index (χ4v) is 5.45. The minimum atomic E-state index is -1.48. The van der Waals surface area contributed by atoms with Gasteiger partial charge in [0.1, 0.15) is 0 Å². The third-order valence-electron chi connectivity index (χ3n) is 7.59. The van der Waals surface area contributed by atoms with Gasteiger partial charge >= 0.3 is 0 Å². The number of fused-ring (bicyclic) bond motifs is 3. The average Bonchev–Trinajstić information content (AvgIpc) is 3.08. The van der Waals surface area contributed by atoms with E-state index in [4.69, 9.17) is 2.74 Å². The number of nitrogens with zero attached hydrogens (tertiary/aromatic N) is 2. The Morgan fingerprint density at radius 2 is 1.41 bits per heavy atom. The van der Waals surface area contributed by atoms with E-state index in [1.807, 2.05) is 64.2 Å². The van der Waals surface area contributed by atoms with Crippen LogP contribution in [0.3, 0.4) is 0 Å². The van der Waals surface area contributed by atoms with Crippen LogP contribution in [0.15, 0.2) is 128 Å². The van der Waals surface area contributed by atoms with Crippen LogP contribution in [-0.4, -0.2) is 9.97 Å². The van der Waals surface area contributed by atoms with E-state index >= 15 is 0 Å². The molecule has 46 heavy (non-hydrogen) atoms. The Morgan fingerprint density at radius 3 is 2.13 bits per heavy atom. The Balaban J connectivity index is 0.000000252. The zero-order chi connectivity index (χ0) is 33.2. The zero-order valence-corrected chi connectivity index (χ0v) is 29.2. The second kappa shape index (κ2) is 14.3. The molecule has 5 aromatic carbocycles. The van der Waals surface area contributed by atoms with Gasteiger partial charge in [-0.15, -0.1) is 70.8 Å². The minimum absolute atomic E-state index is 0. The zero-order valence-electron chi connectivity index (χ0n) is 28.9. The molecule has 0 saturated heterocycles. The van der Waals surface area contributed by atoms with E-state index in [0.29, 0.717) is 5.56 Å². The monoisotopic (exact) mass is 777 g/mol. The Bertz CT molecular complexity index is 2120. The summed E-state index contributed by atoms with van der Waals surface area (Å²) in [5, 5.41) is 4.90. The van der Waals surface area contributed by atoms with E-state index in [1.54, 1.807) is 12.3 Å². The molecule has 0 spiro atoms. The molecule has 0 aliphatic rings. The van der Waals surface area contributed by atoms with Gasteiger partial charge in [0.15, 0.2) is 0 Å². The second-order valence-corrected chi connectivity index (χ2v) is 12.5. The van der Waals surface area contributed by atoms with E-state index in [9.17, 15) is 0 Å². The van der Waals surface area contributed by atoms with Gasteiger partial charge in [0, 0.05) is 35.2 Å². The predicted molar refractivity (Wildman–Crippen MR) is 190 cm³/mol. The average molecular weight is 777 g/mol. The van der Waals surface area contributed by atoms with E-state index < -0.39 is 11.8 Å². The van der Waals surface area contributed by atoms with Crippen LogP contribution in [0.2, 0.25) is 0 Å². The molecular weight excluding hydrogens is 737 g/mol. The standard InChI is InChI=1S/C30H26N.C13H12N.Ir/c1-30(2,3)20-21-15-16-31-29(17-21)24-11-8-10-22(18-24)28-19-23-9-4-5-12-25(23)26-13-6-7-14-27(26)28;1-10-3-6-12(7-4-10)13-8-5-11(2)9-14-13;/h4-10,12-19H,20H2,1-3H3;3-6,8-9H,1-2H3;/q2*-1;/i20D2;;. The summed E-state index contributed by atoms with van der Waals surface area (Å²) in [4.78, 5) is 8.90. The maximum Gasteiger partial charge on any atom is 0.0321 e. The van der Waals surface area contributed by atoms with Crippen LogP contribution in [0.1, 0.15) is 40.2 Å². The second-order valence-electron chi connectivity index (χ2n) is 12.5. The number of aromatic nitrogens is 2. The Kier molecular flexibility index (Phi) is 9.42. The molecule has 7 rings (SSSR count). The summed E-state index contributed by atoms with van der Waals surface area (Å²) >= 11 is 0. The number of hydrogen-bond acceptors (Lipinski definition) is 2. The SMILES string of the molecule is Cc1c[c-]c(-c2ccc(C)cn2)cc1.[2H]C([2H])(c1ccnc(-c2[c-]ccc(-c3cc4ccccc4c4ccccc34)c2)c1)C(C)(C)C.[Ir]. The van der Waals surface area contributed by atoms with Gasteiger partial charge in [-0.2, -0.15) is 0 Å². The molecule has 0 saturated carbocycles. The number of benzene rings is 5. The van der Waals surface area contributed by atoms with Crippen molar-refractivity contribution in [3.63, 3.8) is 0 Å². The van der Waals surface area contributed by atoms with E-state index in [2.05, 4.69) is 108 Å². The normalized spacial score (nSPS) is 12.0. The van der Waals surface area contributed by atoms with Gasteiger partial charge in [-0.1, -0.05) is 100.0 Å². The van der Waals surface area contributed by atoms with Crippen LogP contribution in [0.4, 0.5) is 0 Å². The molecular formula is C43H38IrN2-2. The van der Waals surface area contributed by atoms with Crippen LogP contribution in [-0.2, 0) is 26.5 Å². The van der Waals surface area contributed by atoms with Gasteiger partial charge in [-0.3, -0.25) is 0 Å². The Morgan fingerprint density at radius 1 is 0.674 bits per heavy atom. The molecule has 1 radical (unpaired) electrons. The molecule has 7 aromatic rings. The summed E-state index contributed by atoms with van der Waals surface area (Å²) in [5.74, 6) is 0. The fraction of sp³-hybridized carbons (Fsp3) is 0.163. The topological polar surface area (TPSA) is 25.8 Å². The van der Waals surface area contributed by atoms with Crippen molar-refractivity contribution in [3.8, 4) is 33.6 Å². The van der Waals surface area contributed by atoms with E-state index in [1.165, 1.54) is 38.2 Å². The van der Waals surface area contributed by atoms with Crippen molar-refractivity contribution in [1.29, 1.82) is 0 Å². The first-order valence-corrected chi connectivity index (χ1v) is 15.3. The molecule has 2 nitrogen and oxygen atoms in total. The van der Waals surface area contributed by atoms with Crippen molar-refractivity contribution >= 4 is 21.5 Å². The summed E-state index contributed by atoms with van der Waals surface area (Å²) in [6, 6.07) is 45.7. The molecule has 2 aromatic heterocycles. The molecule has 0 unspecified atom stereocenters. The van der Waals surface area contributed by atoms with Crippen LogP contribution in [0.25, 0.3) is 55.2 Å². The number of rotatable bonds is 4. The molecule has 0 fully saturated rings. The third-order valence-corrected chi connectivity index (χ3v) is 7.59. The van der Waals surface area contributed by atoms with Crippen LogP contribution >= 0.6 is 0 Å². The number of pyridine rings is 2. The first-order chi connectivity index (χ1) is 22.5. The Hall–Kier alpha value is -4.43. The summed E-state index contributed by atoms with van der Waals surface area (Å²) in [5.41, 5.74) is 8.39. The Labute approximate surface area is 289 Å². The molecule has 3 heteroatoms. The summed E-state index contributed by atoms with van der Waals surface area (Å²) in [7, 11) is 0. The largest absolute Gasteiger partial charge is 0.305 e. The molecule has 0 aliphatic heterocycles. The van der Waals surface area contributed by atoms with E-state index in [-0.39, 0.29) is 20.1 Å². The predicted octanol–water partition coefficient (Wildman–Crippen LogP) is 11.3. The molecule has 0 amide bonds. The van der Waals surface area contributed by atoms with Crippen molar-refractivity contribution in [1.82, 2.24) is 9.97 Å². The molecule has 0 atom stereocenters. The summed E-state index contributed by atoms with van der Waals surface area (Å²) in [6.45, 7) is 9.86. The van der Waals surface area contributed by atoms with Crippen LogP contribution in [0.5, 0.6) is 0 Å². The first-order valence-electron chi connectivity index (χ1n) is 16.3. The maximum absolute atomic E-state index is 8.65. The fourth-order valence-electron chi connectivity index (χ4n) is 5.45. The summed E-state index contributed by atoms with van der Waals surface area (Å²) < 4.78 is 17.3. The van der Waals surface area contributed by atoms with Gasteiger partial charge in [0.05, 0.1) is 0 Å². The van der Waals surface area contributed by atoms with Gasteiger partial charge < -0.3 is 9.97 Å². The molecule has 2 heterocycles. The van der Waals surface area contributed by atoms with Crippen molar-refractivity contribution < 1.29 is 22.8 Å². The van der Waals surface area contributed by atoms with Crippen LogP contribution < -0.4 is 0 Å². The van der Waals surface area contributed by atoms with Crippen LogP contribution in [0, 0.1) is 31.4 Å². The van der Waals surface area contributed by atoms with Crippen molar-refractivity contribution in [2.24, 2.45) is 5.41 Å². The van der Waals surface area contributed by atoms with Gasteiger partial charge in [0.2, 0.25) is 0 Å². The number of hydrogen-bond donors (Lipinski definition) is 0. The molecule has 0 aliphatic carbocycles. The number of aryl methyl sites for hydroxylation is 2. The molecule has 0 N–H and O–H groups in total.